The zero-order chi connectivity index (χ0) is 15.8. The fraction of sp³-hybridized carbons (Fsp3) is 0.294. The van der Waals surface area contributed by atoms with Crippen LogP contribution < -0.4 is 10.6 Å². The Morgan fingerprint density at radius 2 is 2.00 bits per heavy atom. The molecule has 0 amide bonds. The summed E-state index contributed by atoms with van der Waals surface area (Å²) in [6.07, 6.45) is 5.23. The van der Waals surface area contributed by atoms with Crippen molar-refractivity contribution in [2.75, 3.05) is 6.61 Å². The van der Waals surface area contributed by atoms with Gasteiger partial charge in [-0.15, -0.1) is 5.90 Å². The van der Waals surface area contributed by atoms with E-state index in [2.05, 4.69) is 15.1 Å². The molecule has 1 aromatic heterocycles. The predicted molar refractivity (Wildman–Crippen MR) is 86.8 cm³/mol. The molecule has 0 saturated heterocycles. The van der Waals surface area contributed by atoms with Crippen molar-refractivity contribution in [3.8, 4) is 5.75 Å². The third-order valence-corrected chi connectivity index (χ3v) is 3.30. The highest BCUT2D eigenvalue weighted by atomic mass is 16.7. The minimum atomic E-state index is 0.664. The van der Waals surface area contributed by atoms with Crippen LogP contribution >= 0.6 is 0 Å². The smallest absolute Gasteiger partial charge is 0.125 e. The molecule has 2 rings (SSSR count). The van der Waals surface area contributed by atoms with Gasteiger partial charge < -0.3 is 9.68 Å². The van der Waals surface area contributed by atoms with Gasteiger partial charge in [-0.1, -0.05) is 11.2 Å². The first-order valence-electron chi connectivity index (χ1n) is 7.24. The van der Waals surface area contributed by atoms with E-state index in [4.69, 9.17) is 10.6 Å². The summed E-state index contributed by atoms with van der Waals surface area (Å²) in [6, 6.07) is 9.94. The van der Waals surface area contributed by atoms with Crippen molar-refractivity contribution in [2.24, 2.45) is 11.1 Å². The van der Waals surface area contributed by atoms with Crippen LogP contribution in [-0.4, -0.2) is 17.8 Å². The first-order valence-corrected chi connectivity index (χ1v) is 7.24. The number of nitrogens with zero attached hydrogens (tertiary/aromatic N) is 2. The lowest BCUT2D eigenvalue weighted by Gasteiger charge is -2.13. The van der Waals surface area contributed by atoms with Crippen LogP contribution in [-0.2, 0) is 11.4 Å². The van der Waals surface area contributed by atoms with Gasteiger partial charge in [0.25, 0.3) is 0 Å². The van der Waals surface area contributed by atoms with Gasteiger partial charge in [0.05, 0.1) is 12.8 Å². The maximum atomic E-state index is 5.92. The van der Waals surface area contributed by atoms with Gasteiger partial charge in [0.2, 0.25) is 0 Å². The Bertz CT molecular complexity index is 604. The molecule has 0 aliphatic heterocycles. The molecular weight excluding hydrogens is 278 g/mol. The number of benzene rings is 1. The highest BCUT2D eigenvalue weighted by Crippen LogP contribution is 2.24. The number of nitrogens with two attached hydrogens (primary N) is 1. The maximum absolute atomic E-state index is 5.92. The van der Waals surface area contributed by atoms with Crippen LogP contribution in [0.5, 0.6) is 5.75 Å². The molecule has 0 bridgehead atoms. The monoisotopic (exact) mass is 299 g/mol. The number of hydrogen-bond donors (Lipinski definition) is 1. The van der Waals surface area contributed by atoms with Crippen LogP contribution in [0.15, 0.2) is 41.7 Å². The van der Waals surface area contributed by atoms with Gasteiger partial charge in [0.15, 0.2) is 0 Å². The van der Waals surface area contributed by atoms with Gasteiger partial charge in [-0.25, -0.2) is 0 Å². The van der Waals surface area contributed by atoms with Crippen LogP contribution in [0.1, 0.15) is 28.8 Å². The van der Waals surface area contributed by atoms with Crippen LogP contribution in [0.3, 0.4) is 0 Å². The molecule has 0 radical (unpaired) electrons. The molecule has 5 nitrogen and oxygen atoms in total. The Morgan fingerprint density at radius 3 is 2.64 bits per heavy atom. The Morgan fingerprint density at radius 1 is 1.23 bits per heavy atom. The van der Waals surface area contributed by atoms with Crippen LogP contribution in [0, 0.1) is 13.8 Å². The Hall–Kier alpha value is -2.40. The second kappa shape index (κ2) is 8.14. The standard InChI is InChI=1S/C17H21N3O2/c1-13-10-15(12-20-22-18)11-14(2)17(13)21-9-5-7-16-6-3-4-8-19-16/h3-4,6,8,10-12H,5,7,9,18H2,1-2H3. The normalized spacial score (nSPS) is 10.9. The number of pyridine rings is 1. The van der Waals surface area contributed by atoms with E-state index in [1.165, 1.54) is 0 Å². The molecule has 0 spiro atoms. The van der Waals surface area contributed by atoms with E-state index in [-0.39, 0.29) is 0 Å². The van der Waals surface area contributed by atoms with Crippen molar-refractivity contribution >= 4 is 6.21 Å². The van der Waals surface area contributed by atoms with Crippen molar-refractivity contribution in [3.05, 3.63) is 58.9 Å². The maximum Gasteiger partial charge on any atom is 0.125 e. The molecule has 1 aromatic carbocycles. The molecule has 0 aliphatic carbocycles. The van der Waals surface area contributed by atoms with Crippen molar-refractivity contribution in [3.63, 3.8) is 0 Å². The minimum Gasteiger partial charge on any atom is -0.493 e. The molecule has 0 saturated carbocycles. The highest BCUT2D eigenvalue weighted by molar-refractivity contribution is 5.80. The molecule has 0 fully saturated rings. The van der Waals surface area contributed by atoms with E-state index in [1.807, 2.05) is 50.4 Å². The zero-order valence-electron chi connectivity index (χ0n) is 13.0. The second-order valence-electron chi connectivity index (χ2n) is 5.10. The largest absolute Gasteiger partial charge is 0.493 e. The fourth-order valence-electron chi connectivity index (χ4n) is 2.35. The highest BCUT2D eigenvalue weighted by Gasteiger charge is 2.06. The summed E-state index contributed by atoms with van der Waals surface area (Å²) < 4.78 is 5.92. The predicted octanol–water partition coefficient (Wildman–Crippen LogP) is 2.93. The topological polar surface area (TPSA) is 69.7 Å². The van der Waals surface area contributed by atoms with Gasteiger partial charge >= 0.3 is 0 Å². The average molecular weight is 299 g/mol. The third kappa shape index (κ3) is 4.56. The molecule has 116 valence electrons. The van der Waals surface area contributed by atoms with Gasteiger partial charge in [-0.3, -0.25) is 4.98 Å². The van der Waals surface area contributed by atoms with E-state index in [0.717, 1.165) is 41.0 Å². The fourth-order valence-corrected chi connectivity index (χ4v) is 2.35. The lowest BCUT2D eigenvalue weighted by molar-refractivity contribution is 0.150. The average Bonchev–Trinajstić information content (AvgIpc) is 2.52. The summed E-state index contributed by atoms with van der Waals surface area (Å²) in [5.74, 6) is 5.81. The quantitative estimate of drug-likeness (QED) is 0.485. The Kier molecular flexibility index (Phi) is 5.91. The molecular formula is C17H21N3O2. The summed E-state index contributed by atoms with van der Waals surface area (Å²) in [6.45, 7) is 4.70. The Balaban J connectivity index is 1.91. The lowest BCUT2D eigenvalue weighted by atomic mass is 10.1. The second-order valence-corrected chi connectivity index (χ2v) is 5.10. The number of rotatable bonds is 7. The van der Waals surface area contributed by atoms with Crippen molar-refractivity contribution in [1.29, 1.82) is 0 Å². The molecule has 0 atom stereocenters. The number of oxime groups is 1. The van der Waals surface area contributed by atoms with Crippen LogP contribution in [0.4, 0.5) is 0 Å². The summed E-state index contributed by atoms with van der Waals surface area (Å²) in [5.41, 5.74) is 4.15. The van der Waals surface area contributed by atoms with Crippen molar-refractivity contribution in [2.45, 2.75) is 26.7 Å². The van der Waals surface area contributed by atoms with Crippen molar-refractivity contribution < 1.29 is 9.68 Å². The van der Waals surface area contributed by atoms with Gasteiger partial charge in [-0.05, 0) is 67.6 Å². The van der Waals surface area contributed by atoms with Crippen LogP contribution in [0.25, 0.3) is 0 Å². The van der Waals surface area contributed by atoms with Crippen molar-refractivity contribution in [1.82, 2.24) is 4.98 Å². The van der Waals surface area contributed by atoms with E-state index >= 15 is 0 Å². The SMILES string of the molecule is Cc1cc(C=NON)cc(C)c1OCCCc1ccccn1. The molecule has 1 heterocycles. The Labute approximate surface area is 130 Å². The summed E-state index contributed by atoms with van der Waals surface area (Å²) in [7, 11) is 0. The first-order chi connectivity index (χ1) is 10.7. The number of aromatic nitrogens is 1. The molecule has 0 unspecified atom stereocenters. The molecule has 0 aliphatic rings. The number of hydrogen-bond acceptors (Lipinski definition) is 5. The minimum absolute atomic E-state index is 0.664. The van der Waals surface area contributed by atoms with E-state index < -0.39 is 0 Å². The van der Waals surface area contributed by atoms with E-state index in [1.54, 1.807) is 6.21 Å². The van der Waals surface area contributed by atoms with Gasteiger partial charge in [-0.2, -0.15) is 0 Å². The summed E-state index contributed by atoms with van der Waals surface area (Å²) in [5, 5.41) is 3.57. The molecule has 2 aromatic rings. The zero-order valence-corrected chi connectivity index (χ0v) is 13.0. The number of aryl methyl sites for hydroxylation is 3. The van der Waals surface area contributed by atoms with E-state index in [9.17, 15) is 0 Å². The summed E-state index contributed by atoms with van der Waals surface area (Å²) in [4.78, 5) is 8.52. The first kappa shape index (κ1) is 16.0. The van der Waals surface area contributed by atoms with Crippen LogP contribution in [0.2, 0.25) is 0 Å². The summed E-state index contributed by atoms with van der Waals surface area (Å²) >= 11 is 0. The molecule has 2 N–H and O–H groups in total. The number of ether oxygens (including phenoxy) is 1. The molecule has 22 heavy (non-hydrogen) atoms. The third-order valence-electron chi connectivity index (χ3n) is 3.30. The lowest BCUT2D eigenvalue weighted by Crippen LogP contribution is -2.03. The van der Waals surface area contributed by atoms with E-state index in [0.29, 0.717) is 6.61 Å². The van der Waals surface area contributed by atoms with Gasteiger partial charge in [0.1, 0.15) is 5.75 Å². The van der Waals surface area contributed by atoms with Gasteiger partial charge in [0, 0.05) is 11.9 Å². The molecule has 5 heteroatoms.